The van der Waals surface area contributed by atoms with Gasteiger partial charge in [-0.1, -0.05) is 0 Å². The van der Waals surface area contributed by atoms with Crippen LogP contribution in [0.3, 0.4) is 0 Å². The van der Waals surface area contributed by atoms with Crippen molar-refractivity contribution in [3.63, 3.8) is 0 Å². The average molecular weight is 179 g/mol. The molecule has 0 spiro atoms. The first-order valence-electron chi connectivity index (χ1n) is 3.43. The maximum atomic E-state index is 10.6. The topological polar surface area (TPSA) is 38.3 Å². The van der Waals surface area contributed by atoms with Crippen LogP contribution >= 0.6 is 10.0 Å². The van der Waals surface area contributed by atoms with Crippen LogP contribution in [0.25, 0.3) is 0 Å². The summed E-state index contributed by atoms with van der Waals surface area (Å²) in [7, 11) is 0.876. The van der Waals surface area contributed by atoms with E-state index < -0.39 is 10.0 Å². The first-order valence-corrected chi connectivity index (χ1v) is 6.46. The third kappa shape index (κ3) is 7.52. The van der Waals surface area contributed by atoms with E-state index in [1.807, 2.05) is 0 Å². The van der Waals surface area contributed by atoms with Crippen molar-refractivity contribution in [2.24, 2.45) is 0 Å². The van der Waals surface area contributed by atoms with E-state index >= 15 is 0 Å². The Morgan fingerprint density at radius 1 is 1.45 bits per heavy atom. The molecule has 68 valence electrons. The summed E-state index contributed by atoms with van der Waals surface area (Å²) in [6.45, 7) is 0.714. The highest BCUT2D eigenvalue weighted by molar-refractivity contribution is 8.32. The lowest BCUT2D eigenvalue weighted by Crippen LogP contribution is -2.27. The molecular weight excluding hydrogens is 162 g/mol. The van der Waals surface area contributed by atoms with Gasteiger partial charge in [0.2, 0.25) is 0 Å². The quantitative estimate of drug-likeness (QED) is 0.703. The van der Waals surface area contributed by atoms with Gasteiger partial charge >= 0.3 is 6.09 Å². The third-order valence-corrected chi connectivity index (χ3v) is 2.60. The average Bonchev–Trinajstić information content (AvgIpc) is 1.85. The highest BCUT2D eigenvalue weighted by Gasteiger charge is 2.04. The summed E-state index contributed by atoms with van der Waals surface area (Å²) in [4.78, 5) is 10.6. The Bertz CT molecular complexity index is 131. The number of hydrogen-bond acceptors (Lipinski definition) is 2. The van der Waals surface area contributed by atoms with Gasteiger partial charge in [0.1, 0.15) is 0 Å². The number of carbonyl (C=O) groups is 1. The van der Waals surface area contributed by atoms with Crippen molar-refractivity contribution in [1.82, 2.24) is 5.32 Å². The molecule has 0 unspecified atom stereocenters. The Hall–Kier alpha value is -0.380. The summed E-state index contributed by atoms with van der Waals surface area (Å²) in [5.74, 6) is 1.04. The number of hydrogen-bond donors (Lipinski definition) is 1. The van der Waals surface area contributed by atoms with E-state index in [4.69, 9.17) is 0 Å². The fraction of sp³-hybridized carbons (Fsp3) is 0.857. The lowest BCUT2D eigenvalue weighted by atomic mass is 10.7. The number of nitrogens with one attached hydrogen (secondary N) is 1. The Morgan fingerprint density at radius 2 is 2.00 bits per heavy atom. The zero-order valence-electron chi connectivity index (χ0n) is 7.64. The maximum Gasteiger partial charge on any atom is 0.406 e. The Labute approximate surface area is 69.8 Å². The minimum Gasteiger partial charge on any atom is -0.453 e. The van der Waals surface area contributed by atoms with Gasteiger partial charge in [-0.25, -0.2) is 14.8 Å². The predicted octanol–water partition coefficient (Wildman–Crippen LogP) is 1.04. The van der Waals surface area contributed by atoms with Crippen LogP contribution in [0.15, 0.2) is 0 Å². The molecule has 0 rings (SSSR count). The van der Waals surface area contributed by atoms with Gasteiger partial charge in [-0.15, -0.1) is 0 Å². The van der Waals surface area contributed by atoms with Gasteiger partial charge < -0.3 is 10.1 Å². The molecule has 0 atom stereocenters. The van der Waals surface area contributed by atoms with Crippen LogP contribution in [-0.2, 0) is 4.74 Å². The molecule has 0 fully saturated rings. The first-order chi connectivity index (χ1) is 4.95. The molecule has 0 aromatic heterocycles. The molecule has 11 heavy (non-hydrogen) atoms. The fourth-order valence-corrected chi connectivity index (χ4v) is 1.25. The molecule has 0 saturated heterocycles. The van der Waals surface area contributed by atoms with Gasteiger partial charge in [0.25, 0.3) is 0 Å². The molecule has 0 radical (unpaired) electrons. The van der Waals surface area contributed by atoms with Crippen molar-refractivity contribution in [1.29, 1.82) is 0 Å². The minimum absolute atomic E-state index is 0.339. The van der Waals surface area contributed by atoms with E-state index in [0.717, 1.165) is 5.75 Å². The van der Waals surface area contributed by atoms with Crippen LogP contribution in [0.4, 0.5) is 4.79 Å². The summed E-state index contributed by atoms with van der Waals surface area (Å²) in [5.41, 5.74) is 0. The molecule has 1 amide bonds. The molecule has 0 aliphatic rings. The van der Waals surface area contributed by atoms with Gasteiger partial charge in [0.15, 0.2) is 0 Å². The van der Waals surface area contributed by atoms with E-state index in [9.17, 15) is 4.79 Å². The third-order valence-electron chi connectivity index (χ3n) is 1.17. The van der Waals surface area contributed by atoms with E-state index in [2.05, 4.69) is 28.8 Å². The molecular formula is C7H17NO2S. The largest absolute Gasteiger partial charge is 0.453 e. The second-order valence-electron chi connectivity index (χ2n) is 3.21. The summed E-state index contributed by atoms with van der Waals surface area (Å²) in [6, 6.07) is 0. The number of alkyl carbamates (subject to hydrolysis) is 1. The lowest BCUT2D eigenvalue weighted by Gasteiger charge is -2.24. The Balaban J connectivity index is 3.35. The maximum absolute atomic E-state index is 10.6. The number of rotatable bonds is 3. The Kier molecular flexibility index (Phi) is 4.33. The van der Waals surface area contributed by atoms with E-state index in [0.29, 0.717) is 6.54 Å². The predicted molar refractivity (Wildman–Crippen MR) is 50.6 cm³/mol. The highest BCUT2D eigenvalue weighted by Crippen LogP contribution is 2.32. The Morgan fingerprint density at radius 3 is 2.36 bits per heavy atom. The summed E-state index contributed by atoms with van der Waals surface area (Å²) < 4.78 is 4.42. The lowest BCUT2D eigenvalue weighted by molar-refractivity contribution is 0.172. The second kappa shape index (κ2) is 4.49. The van der Waals surface area contributed by atoms with Crippen LogP contribution in [-0.4, -0.2) is 44.3 Å². The molecule has 3 nitrogen and oxygen atoms in total. The van der Waals surface area contributed by atoms with Crippen LogP contribution in [0.2, 0.25) is 0 Å². The zero-order chi connectivity index (χ0) is 8.91. The SMILES string of the molecule is COC(=O)NCCS(C)(C)C. The summed E-state index contributed by atoms with van der Waals surface area (Å²) >= 11 is 0. The fourth-order valence-electron chi connectivity index (χ4n) is 0.531. The summed E-state index contributed by atoms with van der Waals surface area (Å²) in [5, 5.41) is 2.65. The molecule has 4 heteroatoms. The van der Waals surface area contributed by atoms with Crippen molar-refractivity contribution < 1.29 is 9.53 Å². The summed E-state index contributed by atoms with van der Waals surface area (Å²) in [6.07, 6.45) is 6.30. The highest BCUT2D eigenvalue weighted by atomic mass is 32.3. The van der Waals surface area contributed by atoms with Gasteiger partial charge in [0.05, 0.1) is 7.11 Å². The molecule has 0 heterocycles. The van der Waals surface area contributed by atoms with Gasteiger partial charge in [-0.2, -0.15) is 0 Å². The zero-order valence-corrected chi connectivity index (χ0v) is 8.46. The van der Waals surface area contributed by atoms with Gasteiger partial charge in [0, 0.05) is 6.54 Å². The standard InChI is InChI=1S/C7H17NO2S/c1-10-7(9)8-5-6-11(2,3)4/h5-6H2,1-4H3,(H,8,9). The van der Waals surface area contributed by atoms with Gasteiger partial charge in [-0.05, 0) is 24.5 Å². The van der Waals surface area contributed by atoms with Gasteiger partial charge in [-0.3, -0.25) is 0 Å². The van der Waals surface area contributed by atoms with Crippen molar-refractivity contribution in [3.8, 4) is 0 Å². The molecule has 1 N–H and O–H groups in total. The van der Waals surface area contributed by atoms with E-state index in [1.165, 1.54) is 7.11 Å². The first kappa shape index (κ1) is 10.6. The number of amides is 1. The van der Waals surface area contributed by atoms with Crippen molar-refractivity contribution in [2.75, 3.05) is 38.2 Å². The molecule has 0 aromatic rings. The van der Waals surface area contributed by atoms with Crippen LogP contribution < -0.4 is 5.32 Å². The van der Waals surface area contributed by atoms with Crippen LogP contribution in [0, 0.1) is 0 Å². The van der Waals surface area contributed by atoms with Crippen LogP contribution in [0.1, 0.15) is 0 Å². The number of ether oxygens (including phenoxy) is 1. The van der Waals surface area contributed by atoms with E-state index in [-0.39, 0.29) is 6.09 Å². The molecule has 0 aliphatic carbocycles. The minimum atomic E-state index is -0.498. The normalized spacial score (nSPS) is 12.4. The van der Waals surface area contributed by atoms with Crippen molar-refractivity contribution >= 4 is 16.1 Å². The monoisotopic (exact) mass is 179 g/mol. The molecule has 0 aromatic carbocycles. The van der Waals surface area contributed by atoms with Crippen LogP contribution in [0.5, 0.6) is 0 Å². The second-order valence-corrected chi connectivity index (χ2v) is 7.80. The number of carbonyl (C=O) groups excluding carboxylic acids is 1. The van der Waals surface area contributed by atoms with Crippen molar-refractivity contribution in [3.05, 3.63) is 0 Å². The van der Waals surface area contributed by atoms with Crippen molar-refractivity contribution in [2.45, 2.75) is 0 Å². The molecule has 0 saturated carbocycles. The molecule has 0 bridgehead atoms. The molecule has 0 aliphatic heterocycles. The van der Waals surface area contributed by atoms with E-state index in [1.54, 1.807) is 0 Å². The smallest absolute Gasteiger partial charge is 0.406 e. The number of methoxy groups -OCH3 is 1.